The highest BCUT2D eigenvalue weighted by molar-refractivity contribution is 5.68. The number of carbonyl (C=O) groups excluding carboxylic acids is 1. The first-order chi connectivity index (χ1) is 14.7. The maximum absolute atomic E-state index is 12.7. The Balaban J connectivity index is 2.68. The van der Waals surface area contributed by atoms with Gasteiger partial charge in [0.25, 0.3) is 0 Å². The molecule has 1 unspecified atom stereocenters. The Morgan fingerprint density at radius 1 is 1.19 bits per heavy atom. The lowest BCUT2D eigenvalue weighted by molar-refractivity contribution is -0.00258. The molecular weight excluding hydrogens is 402 g/mol. The van der Waals surface area contributed by atoms with Crippen LogP contribution in [-0.4, -0.2) is 68.4 Å². The molecule has 0 radical (unpaired) electrons. The van der Waals surface area contributed by atoms with E-state index in [9.17, 15) is 9.90 Å². The minimum absolute atomic E-state index is 0.163. The van der Waals surface area contributed by atoms with Crippen LogP contribution in [0.5, 0.6) is 11.5 Å². The number of methoxy groups -OCH3 is 2. The molecule has 0 saturated heterocycles. The molecule has 0 saturated carbocycles. The van der Waals surface area contributed by atoms with Crippen molar-refractivity contribution in [3.8, 4) is 11.5 Å². The van der Waals surface area contributed by atoms with Crippen molar-refractivity contribution in [2.75, 3.05) is 40.6 Å². The number of hydrogen-bond donors (Lipinski definition) is 1. The molecule has 0 bridgehead atoms. The number of aliphatic hydroxyl groups is 1. The third-order valence-electron chi connectivity index (χ3n) is 4.06. The molecule has 0 spiro atoms. The number of ether oxygens (including phenoxy) is 5. The lowest BCUT2D eigenvalue weighted by atomic mass is 10.1. The Labute approximate surface area is 185 Å². The van der Waals surface area contributed by atoms with Gasteiger partial charge in [0.1, 0.15) is 29.8 Å². The van der Waals surface area contributed by atoms with E-state index < -0.39 is 17.8 Å². The summed E-state index contributed by atoms with van der Waals surface area (Å²) >= 11 is 0. The Bertz CT molecular complexity index is 685. The van der Waals surface area contributed by atoms with Gasteiger partial charge in [-0.3, -0.25) is 0 Å². The molecule has 0 fully saturated rings. The second kappa shape index (κ2) is 13.8. The molecule has 176 valence electrons. The minimum Gasteiger partial charge on any atom is -0.499 e. The highest BCUT2D eigenvalue weighted by Crippen LogP contribution is 2.26. The average molecular weight is 440 g/mol. The predicted molar refractivity (Wildman–Crippen MR) is 118 cm³/mol. The summed E-state index contributed by atoms with van der Waals surface area (Å²) in [5.41, 5.74) is 0.235. The summed E-state index contributed by atoms with van der Waals surface area (Å²) in [7, 11) is 3.17. The van der Waals surface area contributed by atoms with Crippen molar-refractivity contribution in [1.29, 1.82) is 0 Å². The normalized spacial score (nSPS) is 12.5. The van der Waals surface area contributed by atoms with E-state index in [1.54, 1.807) is 31.3 Å². The molecule has 1 N–H and O–H groups in total. The number of allylic oxidation sites excluding steroid dienone is 1. The van der Waals surface area contributed by atoms with Crippen molar-refractivity contribution in [3.63, 3.8) is 0 Å². The summed E-state index contributed by atoms with van der Waals surface area (Å²) < 4.78 is 26.9. The van der Waals surface area contributed by atoms with Crippen LogP contribution in [0.1, 0.15) is 39.7 Å². The van der Waals surface area contributed by atoms with Crippen LogP contribution in [0, 0.1) is 0 Å². The van der Waals surface area contributed by atoms with E-state index in [-0.39, 0.29) is 13.2 Å². The molecule has 1 amide bonds. The molecule has 31 heavy (non-hydrogen) atoms. The Morgan fingerprint density at radius 2 is 1.94 bits per heavy atom. The largest absolute Gasteiger partial charge is 0.499 e. The quantitative estimate of drug-likeness (QED) is 0.370. The first-order valence-electron chi connectivity index (χ1n) is 10.4. The Morgan fingerprint density at radius 3 is 2.55 bits per heavy atom. The number of rotatable bonds is 13. The summed E-state index contributed by atoms with van der Waals surface area (Å²) in [6.45, 7) is 8.80. The summed E-state index contributed by atoms with van der Waals surface area (Å²) in [5.74, 6) is 1.31. The van der Waals surface area contributed by atoms with E-state index in [4.69, 9.17) is 23.7 Å². The third kappa shape index (κ3) is 10.9. The molecule has 8 heteroatoms. The highest BCUT2D eigenvalue weighted by atomic mass is 16.6. The smallest absolute Gasteiger partial charge is 0.410 e. The van der Waals surface area contributed by atoms with E-state index in [1.165, 1.54) is 6.26 Å². The van der Waals surface area contributed by atoms with Crippen LogP contribution in [0.3, 0.4) is 0 Å². The number of benzene rings is 1. The van der Waals surface area contributed by atoms with Crippen molar-refractivity contribution in [2.24, 2.45) is 0 Å². The molecule has 0 aliphatic heterocycles. The monoisotopic (exact) mass is 439 g/mol. The van der Waals surface area contributed by atoms with Crippen molar-refractivity contribution in [2.45, 2.75) is 52.4 Å². The second-order valence-electron chi connectivity index (χ2n) is 7.96. The minimum atomic E-state index is -0.707. The van der Waals surface area contributed by atoms with E-state index in [0.29, 0.717) is 37.6 Å². The van der Waals surface area contributed by atoms with Gasteiger partial charge in [0.05, 0.1) is 33.6 Å². The zero-order valence-corrected chi connectivity index (χ0v) is 19.6. The van der Waals surface area contributed by atoms with Crippen LogP contribution in [0.4, 0.5) is 4.79 Å². The second-order valence-corrected chi connectivity index (χ2v) is 7.96. The van der Waals surface area contributed by atoms with Gasteiger partial charge in [0, 0.05) is 24.8 Å². The average Bonchev–Trinajstić information content (AvgIpc) is 2.71. The lowest BCUT2D eigenvalue weighted by Gasteiger charge is -2.28. The van der Waals surface area contributed by atoms with Crippen LogP contribution >= 0.6 is 0 Å². The van der Waals surface area contributed by atoms with Gasteiger partial charge in [-0.25, -0.2) is 4.79 Å². The molecule has 1 atom stereocenters. The van der Waals surface area contributed by atoms with E-state index in [2.05, 4.69) is 0 Å². The maximum atomic E-state index is 12.7. The highest BCUT2D eigenvalue weighted by Gasteiger charge is 2.23. The number of carbonyl (C=O) groups is 1. The van der Waals surface area contributed by atoms with Gasteiger partial charge in [0.15, 0.2) is 0 Å². The zero-order valence-electron chi connectivity index (χ0n) is 19.6. The maximum Gasteiger partial charge on any atom is 0.410 e. The fourth-order valence-electron chi connectivity index (χ4n) is 2.64. The van der Waals surface area contributed by atoms with Crippen LogP contribution in [-0.2, 0) is 20.8 Å². The predicted octanol–water partition coefficient (Wildman–Crippen LogP) is 3.76. The summed E-state index contributed by atoms with van der Waals surface area (Å²) in [5, 5.41) is 9.80. The van der Waals surface area contributed by atoms with Gasteiger partial charge < -0.3 is 33.7 Å². The van der Waals surface area contributed by atoms with Crippen LogP contribution in [0.2, 0.25) is 0 Å². The lowest BCUT2D eigenvalue weighted by Crippen LogP contribution is -2.37. The molecule has 1 aromatic rings. The topological polar surface area (TPSA) is 86.7 Å². The van der Waals surface area contributed by atoms with Crippen molar-refractivity contribution in [1.82, 2.24) is 4.90 Å². The van der Waals surface area contributed by atoms with Crippen LogP contribution < -0.4 is 9.47 Å². The van der Waals surface area contributed by atoms with Crippen molar-refractivity contribution < 1.29 is 33.6 Å². The van der Waals surface area contributed by atoms with Gasteiger partial charge in [-0.15, -0.1) is 0 Å². The first-order valence-corrected chi connectivity index (χ1v) is 10.4. The number of hydrogen-bond acceptors (Lipinski definition) is 7. The molecular formula is C23H37NO7. The van der Waals surface area contributed by atoms with Crippen LogP contribution in [0.25, 0.3) is 0 Å². The van der Waals surface area contributed by atoms with Crippen LogP contribution in [0.15, 0.2) is 30.5 Å². The SMILES string of the molecule is C/C=C\OCC(O)COCCCN(Cc1ccc(OC)cc1OC)C(=O)OC(C)(C)C. The molecule has 0 aromatic heterocycles. The Hall–Kier alpha value is -2.45. The van der Waals surface area contributed by atoms with Gasteiger partial charge in [-0.05, 0) is 46.2 Å². The van der Waals surface area contributed by atoms with Gasteiger partial charge in [-0.1, -0.05) is 6.08 Å². The summed E-state index contributed by atoms with van der Waals surface area (Å²) in [4.78, 5) is 14.4. The molecule has 1 aromatic carbocycles. The van der Waals surface area contributed by atoms with Gasteiger partial charge in [0.2, 0.25) is 0 Å². The molecule has 0 heterocycles. The zero-order chi connectivity index (χ0) is 23.3. The van der Waals surface area contributed by atoms with E-state index in [0.717, 1.165) is 5.56 Å². The van der Waals surface area contributed by atoms with Crippen molar-refractivity contribution >= 4 is 6.09 Å². The molecule has 1 rings (SSSR count). The summed E-state index contributed by atoms with van der Waals surface area (Å²) in [6.07, 6.45) is 2.73. The van der Waals surface area contributed by atoms with E-state index in [1.807, 2.05) is 39.8 Å². The number of nitrogens with zero attached hydrogens (tertiary/aromatic N) is 1. The number of amides is 1. The summed E-state index contributed by atoms with van der Waals surface area (Å²) in [6, 6.07) is 5.47. The van der Waals surface area contributed by atoms with Gasteiger partial charge >= 0.3 is 6.09 Å². The Kier molecular flexibility index (Phi) is 11.8. The first kappa shape index (κ1) is 26.6. The molecule has 0 aliphatic carbocycles. The standard InChI is InChI=1S/C23H37NO7/c1-7-12-29-16-19(25)17-30-13-8-11-24(22(26)31-23(2,3)4)15-18-9-10-20(27-5)14-21(18)28-6/h7,9-10,12,14,19,25H,8,11,13,15-17H2,1-6H3/b12-7-. The van der Waals surface area contributed by atoms with Crippen molar-refractivity contribution in [3.05, 3.63) is 36.1 Å². The number of aliphatic hydroxyl groups excluding tert-OH is 1. The fourth-order valence-corrected chi connectivity index (χ4v) is 2.64. The third-order valence-corrected chi connectivity index (χ3v) is 4.06. The molecule has 0 aliphatic rings. The van der Waals surface area contributed by atoms with Gasteiger partial charge in [-0.2, -0.15) is 0 Å². The molecule has 8 nitrogen and oxygen atoms in total. The van der Waals surface area contributed by atoms with E-state index >= 15 is 0 Å². The fraction of sp³-hybridized carbons (Fsp3) is 0.609.